The van der Waals surface area contributed by atoms with Crippen molar-refractivity contribution in [3.05, 3.63) is 36.7 Å². The van der Waals surface area contributed by atoms with Gasteiger partial charge in [-0.15, -0.1) is 10.2 Å². The molecule has 1 aliphatic rings. The Balaban J connectivity index is 1.61. The molecule has 0 N–H and O–H groups in total. The molecular formula is C20H24N6O2. The molecule has 0 radical (unpaired) electrons. The number of rotatable bonds is 2. The summed E-state index contributed by atoms with van der Waals surface area (Å²) in [6, 6.07) is 5.99. The Bertz CT molecular complexity index is 1040. The van der Waals surface area contributed by atoms with Gasteiger partial charge in [0.05, 0.1) is 11.0 Å². The molecule has 1 fully saturated rings. The van der Waals surface area contributed by atoms with E-state index in [0.717, 1.165) is 22.4 Å². The van der Waals surface area contributed by atoms with E-state index in [1.54, 1.807) is 17.3 Å². The fourth-order valence-corrected chi connectivity index (χ4v) is 3.32. The van der Waals surface area contributed by atoms with Crippen molar-refractivity contribution in [1.82, 2.24) is 24.5 Å². The van der Waals surface area contributed by atoms with Crippen LogP contribution in [0.3, 0.4) is 0 Å². The molecule has 1 aromatic carbocycles. The van der Waals surface area contributed by atoms with E-state index in [4.69, 9.17) is 9.72 Å². The molecule has 4 rings (SSSR count). The van der Waals surface area contributed by atoms with Crippen LogP contribution in [0.4, 0.5) is 10.6 Å². The summed E-state index contributed by atoms with van der Waals surface area (Å²) in [6.07, 6.45) is 3.23. The molecule has 0 unspecified atom stereocenters. The van der Waals surface area contributed by atoms with Gasteiger partial charge in [-0.1, -0.05) is 18.7 Å². The van der Waals surface area contributed by atoms with Crippen molar-refractivity contribution in [3.63, 3.8) is 0 Å². The van der Waals surface area contributed by atoms with E-state index in [-0.39, 0.29) is 6.09 Å². The molecule has 1 aliphatic heterocycles. The Labute approximate surface area is 163 Å². The van der Waals surface area contributed by atoms with Crippen molar-refractivity contribution in [3.8, 4) is 0 Å². The van der Waals surface area contributed by atoms with Crippen LogP contribution in [0, 0.1) is 0 Å². The molecule has 8 nitrogen and oxygen atoms in total. The van der Waals surface area contributed by atoms with Gasteiger partial charge in [0.25, 0.3) is 0 Å². The van der Waals surface area contributed by atoms with Crippen LogP contribution in [-0.2, 0) is 4.74 Å². The molecule has 0 bridgehead atoms. The molecule has 1 saturated heterocycles. The van der Waals surface area contributed by atoms with Crippen molar-refractivity contribution in [2.45, 2.75) is 26.4 Å². The van der Waals surface area contributed by atoms with E-state index < -0.39 is 5.60 Å². The number of fused-ring (bicyclic) bond motifs is 3. The normalized spacial score (nSPS) is 15.2. The summed E-state index contributed by atoms with van der Waals surface area (Å²) >= 11 is 0. The highest BCUT2D eigenvalue weighted by atomic mass is 16.6. The predicted octanol–water partition coefficient (Wildman–Crippen LogP) is 2.98. The second kappa shape index (κ2) is 6.78. The zero-order valence-corrected chi connectivity index (χ0v) is 16.4. The highest BCUT2D eigenvalue weighted by Crippen LogP contribution is 2.25. The number of hydrogen-bond acceptors (Lipinski definition) is 6. The molecule has 0 saturated carbocycles. The first-order chi connectivity index (χ1) is 13.4. The second-order valence-corrected chi connectivity index (χ2v) is 7.87. The van der Waals surface area contributed by atoms with E-state index in [9.17, 15) is 4.79 Å². The van der Waals surface area contributed by atoms with E-state index in [1.807, 2.05) is 43.4 Å². The van der Waals surface area contributed by atoms with Crippen LogP contribution < -0.4 is 4.90 Å². The van der Waals surface area contributed by atoms with Gasteiger partial charge in [0.1, 0.15) is 11.9 Å². The van der Waals surface area contributed by atoms with Crippen LogP contribution >= 0.6 is 0 Å². The number of carbonyl (C=O) groups excluding carboxylic acids is 1. The fourth-order valence-electron chi connectivity index (χ4n) is 3.32. The van der Waals surface area contributed by atoms with E-state index in [1.165, 1.54) is 0 Å². The number of aromatic nitrogens is 4. The SMILES string of the molecule is C=Cc1ccc2nc(N3CCN(C(=O)OC(C)(C)C)CC3)c3nncn3c2c1. The van der Waals surface area contributed by atoms with E-state index >= 15 is 0 Å². The third-order valence-electron chi connectivity index (χ3n) is 4.70. The summed E-state index contributed by atoms with van der Waals surface area (Å²) in [5, 5.41) is 8.36. The van der Waals surface area contributed by atoms with Gasteiger partial charge < -0.3 is 14.5 Å². The molecular weight excluding hydrogens is 356 g/mol. The summed E-state index contributed by atoms with van der Waals surface area (Å²) in [6.45, 7) is 11.9. The fraction of sp³-hybridized carbons (Fsp3) is 0.400. The third kappa shape index (κ3) is 3.37. The maximum atomic E-state index is 12.3. The number of benzene rings is 1. The summed E-state index contributed by atoms with van der Waals surface area (Å²) in [5.74, 6) is 0.778. The van der Waals surface area contributed by atoms with Gasteiger partial charge in [0, 0.05) is 26.2 Å². The minimum absolute atomic E-state index is 0.275. The summed E-state index contributed by atoms with van der Waals surface area (Å²) in [5.41, 5.74) is 3.03. The van der Waals surface area contributed by atoms with Gasteiger partial charge in [0.2, 0.25) is 5.65 Å². The Morgan fingerprint density at radius 1 is 1.21 bits per heavy atom. The summed E-state index contributed by atoms with van der Waals surface area (Å²) < 4.78 is 7.42. The zero-order chi connectivity index (χ0) is 19.9. The summed E-state index contributed by atoms with van der Waals surface area (Å²) in [4.78, 5) is 21.0. The Hall–Kier alpha value is -3.16. The first kappa shape index (κ1) is 18.2. The Morgan fingerprint density at radius 3 is 2.64 bits per heavy atom. The predicted molar refractivity (Wildman–Crippen MR) is 108 cm³/mol. The van der Waals surface area contributed by atoms with Crippen LogP contribution in [0.25, 0.3) is 22.8 Å². The van der Waals surface area contributed by atoms with Crippen LogP contribution in [0.1, 0.15) is 26.3 Å². The lowest BCUT2D eigenvalue weighted by molar-refractivity contribution is 0.0240. The lowest BCUT2D eigenvalue weighted by Crippen LogP contribution is -2.50. The highest BCUT2D eigenvalue weighted by Gasteiger charge is 2.27. The standard InChI is InChI=1S/C20H24N6O2/c1-5-14-6-7-15-16(12-14)26-13-21-23-18(26)17(22-15)24-8-10-25(11-9-24)19(27)28-20(2,3)4/h5-7,12-13H,1,8-11H2,2-4H3. The lowest BCUT2D eigenvalue weighted by Gasteiger charge is -2.36. The average Bonchev–Trinajstić information content (AvgIpc) is 3.16. The largest absolute Gasteiger partial charge is 0.444 e. The molecule has 1 amide bonds. The molecule has 28 heavy (non-hydrogen) atoms. The number of anilines is 1. The van der Waals surface area contributed by atoms with Crippen LogP contribution in [0.15, 0.2) is 31.1 Å². The first-order valence-electron chi connectivity index (χ1n) is 9.34. The van der Waals surface area contributed by atoms with Crippen molar-refractivity contribution in [1.29, 1.82) is 0 Å². The molecule has 2 aromatic heterocycles. The number of hydrogen-bond donors (Lipinski definition) is 0. The number of piperazine rings is 1. The average molecular weight is 380 g/mol. The first-order valence-corrected chi connectivity index (χ1v) is 9.34. The minimum atomic E-state index is -0.494. The molecule has 8 heteroatoms. The highest BCUT2D eigenvalue weighted by molar-refractivity contribution is 5.84. The van der Waals surface area contributed by atoms with E-state index in [0.29, 0.717) is 31.8 Å². The topological polar surface area (TPSA) is 75.9 Å². The van der Waals surface area contributed by atoms with Crippen molar-refractivity contribution in [2.24, 2.45) is 0 Å². The minimum Gasteiger partial charge on any atom is -0.444 e. The van der Waals surface area contributed by atoms with Crippen molar-refractivity contribution in [2.75, 3.05) is 31.1 Å². The van der Waals surface area contributed by atoms with Crippen LogP contribution in [0.2, 0.25) is 0 Å². The van der Waals surface area contributed by atoms with Gasteiger partial charge in [0.15, 0.2) is 5.82 Å². The molecule has 0 spiro atoms. The number of amides is 1. The molecule has 0 atom stereocenters. The third-order valence-corrected chi connectivity index (χ3v) is 4.70. The van der Waals surface area contributed by atoms with Gasteiger partial charge >= 0.3 is 6.09 Å². The van der Waals surface area contributed by atoms with Crippen molar-refractivity contribution >= 4 is 34.7 Å². The molecule has 3 heterocycles. The van der Waals surface area contributed by atoms with Gasteiger partial charge in [-0.05, 0) is 38.5 Å². The quantitative estimate of drug-likeness (QED) is 0.680. The molecule has 0 aliphatic carbocycles. The van der Waals surface area contributed by atoms with Gasteiger partial charge in [-0.25, -0.2) is 9.78 Å². The van der Waals surface area contributed by atoms with Crippen molar-refractivity contribution < 1.29 is 9.53 Å². The number of nitrogens with zero attached hydrogens (tertiary/aromatic N) is 6. The monoisotopic (exact) mass is 380 g/mol. The maximum absolute atomic E-state index is 12.3. The lowest BCUT2D eigenvalue weighted by atomic mass is 10.2. The van der Waals surface area contributed by atoms with E-state index in [2.05, 4.69) is 21.7 Å². The Kier molecular flexibility index (Phi) is 4.41. The Morgan fingerprint density at radius 2 is 1.96 bits per heavy atom. The number of carbonyl (C=O) groups is 1. The zero-order valence-electron chi connectivity index (χ0n) is 16.4. The molecule has 146 valence electrons. The summed E-state index contributed by atoms with van der Waals surface area (Å²) in [7, 11) is 0. The van der Waals surface area contributed by atoms with Crippen LogP contribution in [0.5, 0.6) is 0 Å². The smallest absolute Gasteiger partial charge is 0.410 e. The number of ether oxygens (including phenoxy) is 1. The second-order valence-electron chi connectivity index (χ2n) is 7.87. The molecule has 3 aromatic rings. The van der Waals surface area contributed by atoms with Gasteiger partial charge in [-0.3, -0.25) is 4.40 Å². The van der Waals surface area contributed by atoms with Gasteiger partial charge in [-0.2, -0.15) is 0 Å². The maximum Gasteiger partial charge on any atom is 0.410 e. The van der Waals surface area contributed by atoms with Crippen LogP contribution in [-0.4, -0.2) is 62.4 Å².